The van der Waals surface area contributed by atoms with Crippen LogP contribution in [-0.4, -0.2) is 128 Å². The molecule has 0 radical (unpaired) electrons. The minimum absolute atomic E-state index is 0.0244. The predicted octanol–water partition coefficient (Wildman–Crippen LogP) is -3.57. The smallest absolute Gasteiger partial charge is 0.186 e. The highest BCUT2D eigenvalue weighted by Crippen LogP contribution is 2.29. The fourth-order valence-electron chi connectivity index (χ4n) is 3.63. The van der Waals surface area contributed by atoms with Crippen molar-refractivity contribution in [3.05, 3.63) is 0 Å². The first kappa shape index (κ1) is 26.8. The lowest BCUT2D eigenvalue weighted by molar-refractivity contribution is -0.311. The van der Waals surface area contributed by atoms with Crippen LogP contribution >= 0.6 is 0 Å². The lowest BCUT2D eigenvalue weighted by Crippen LogP contribution is -2.60. The van der Waals surface area contributed by atoms with E-state index in [1.165, 1.54) is 6.92 Å². The highest BCUT2D eigenvalue weighted by Gasteiger charge is 2.50. The van der Waals surface area contributed by atoms with E-state index in [1.54, 1.807) is 13.8 Å². The van der Waals surface area contributed by atoms with Gasteiger partial charge in [0.1, 0.15) is 36.1 Å². The Balaban J connectivity index is 1.93. The Bertz CT molecular complexity index is 552. The summed E-state index contributed by atoms with van der Waals surface area (Å²) in [5, 5.41) is 80.0. The number of aliphatic hydroxyl groups is 8. The summed E-state index contributed by atoms with van der Waals surface area (Å²) in [6.45, 7) is 3.32. The molecule has 2 saturated heterocycles. The van der Waals surface area contributed by atoms with Crippen LogP contribution in [0.5, 0.6) is 0 Å². The molecule has 10 atom stereocenters. The molecule has 0 aromatic rings. The van der Waals surface area contributed by atoms with Gasteiger partial charge in [-0.05, 0) is 12.8 Å². The Hall–Kier alpha value is -0.480. The van der Waals surface area contributed by atoms with Crippen LogP contribution in [-0.2, 0) is 18.9 Å². The fourth-order valence-corrected chi connectivity index (χ4v) is 3.63. The third-order valence-electron chi connectivity index (χ3n) is 6.18. The molecule has 2 aliphatic rings. The Morgan fingerprint density at radius 1 is 1.03 bits per heavy atom. The molecule has 0 bridgehead atoms. The second-order valence-corrected chi connectivity index (χ2v) is 8.68. The van der Waals surface area contributed by atoms with E-state index in [9.17, 15) is 35.7 Å². The summed E-state index contributed by atoms with van der Waals surface area (Å²) in [6, 6.07) is 0. The van der Waals surface area contributed by atoms with Gasteiger partial charge in [-0.3, -0.25) is 0 Å². The summed E-state index contributed by atoms with van der Waals surface area (Å²) in [5.41, 5.74) is -3.31. The SMILES string of the molecule is CC(C)[C@](O)(CCO[C@@H]1O[C@H](CO[C@H]2OC[C@](O)(CO)[C@H]2O)[C@@H](O)[C@H](O)[C@H]1O)[C@H](C)O. The van der Waals surface area contributed by atoms with Crippen LogP contribution in [0.1, 0.15) is 27.2 Å². The lowest BCUT2D eigenvalue weighted by atomic mass is 9.83. The highest BCUT2D eigenvalue weighted by atomic mass is 16.7. The van der Waals surface area contributed by atoms with Crippen LogP contribution in [0.3, 0.4) is 0 Å². The Labute approximate surface area is 180 Å². The van der Waals surface area contributed by atoms with Crippen molar-refractivity contribution in [2.24, 2.45) is 5.92 Å². The zero-order chi connectivity index (χ0) is 23.6. The molecule has 12 heteroatoms. The molecule has 0 aliphatic carbocycles. The average molecular weight is 456 g/mol. The lowest BCUT2D eigenvalue weighted by Gasteiger charge is -2.41. The monoisotopic (exact) mass is 456 g/mol. The van der Waals surface area contributed by atoms with Crippen molar-refractivity contribution >= 4 is 0 Å². The molecule has 2 rings (SSSR count). The van der Waals surface area contributed by atoms with Crippen molar-refractivity contribution in [3.8, 4) is 0 Å². The van der Waals surface area contributed by atoms with Gasteiger partial charge >= 0.3 is 0 Å². The maximum absolute atomic E-state index is 10.6. The second kappa shape index (κ2) is 10.6. The first-order valence-electron chi connectivity index (χ1n) is 10.3. The van der Waals surface area contributed by atoms with Crippen LogP contribution in [0.25, 0.3) is 0 Å². The predicted molar refractivity (Wildman–Crippen MR) is 102 cm³/mol. The second-order valence-electron chi connectivity index (χ2n) is 8.68. The average Bonchev–Trinajstić information content (AvgIpc) is 3.01. The van der Waals surface area contributed by atoms with Gasteiger partial charge < -0.3 is 59.8 Å². The molecule has 12 nitrogen and oxygen atoms in total. The molecule has 0 unspecified atom stereocenters. The van der Waals surface area contributed by atoms with E-state index in [2.05, 4.69) is 0 Å². The summed E-state index contributed by atoms with van der Waals surface area (Å²) in [4.78, 5) is 0. The summed E-state index contributed by atoms with van der Waals surface area (Å²) in [5.74, 6) is -0.280. The Morgan fingerprint density at radius 3 is 2.19 bits per heavy atom. The van der Waals surface area contributed by atoms with E-state index in [-0.39, 0.29) is 25.6 Å². The molecule has 0 aromatic heterocycles. The van der Waals surface area contributed by atoms with E-state index < -0.39 is 73.6 Å². The van der Waals surface area contributed by atoms with Gasteiger partial charge in [-0.25, -0.2) is 0 Å². The number of ether oxygens (including phenoxy) is 4. The van der Waals surface area contributed by atoms with Gasteiger partial charge in [0.2, 0.25) is 0 Å². The summed E-state index contributed by atoms with van der Waals surface area (Å²) < 4.78 is 21.4. The van der Waals surface area contributed by atoms with Crippen LogP contribution < -0.4 is 0 Å². The minimum atomic E-state index is -1.88. The molecule has 2 heterocycles. The molecule has 31 heavy (non-hydrogen) atoms. The van der Waals surface area contributed by atoms with E-state index in [4.69, 9.17) is 24.1 Å². The van der Waals surface area contributed by atoms with Gasteiger partial charge in [-0.1, -0.05) is 13.8 Å². The van der Waals surface area contributed by atoms with Gasteiger partial charge in [0.25, 0.3) is 0 Å². The molecule has 0 spiro atoms. The van der Waals surface area contributed by atoms with E-state index in [1.807, 2.05) is 0 Å². The molecule has 184 valence electrons. The maximum atomic E-state index is 10.6. The standard InChI is InChI=1S/C19H36O12/c1-9(2)19(27,10(3)21)4-5-28-16-14(24)13(23)12(22)11(31-16)6-29-17-15(25)18(26,7-20)8-30-17/h9-17,20-27H,4-8H2,1-3H3/t10-,11+,12+,13-,14+,15-,16+,17-,18+,19+/m0/s1. The molecule has 8 N–H and O–H groups in total. The summed E-state index contributed by atoms with van der Waals surface area (Å²) in [6.07, 6.45) is -11.2. The van der Waals surface area contributed by atoms with Crippen molar-refractivity contribution in [1.29, 1.82) is 0 Å². The van der Waals surface area contributed by atoms with Crippen LogP contribution in [0.15, 0.2) is 0 Å². The van der Waals surface area contributed by atoms with Crippen LogP contribution in [0.2, 0.25) is 0 Å². The van der Waals surface area contributed by atoms with E-state index in [0.29, 0.717) is 0 Å². The quantitative estimate of drug-likeness (QED) is 0.161. The van der Waals surface area contributed by atoms with Crippen LogP contribution in [0.4, 0.5) is 0 Å². The molecule has 2 aliphatic heterocycles. The summed E-state index contributed by atoms with van der Waals surface area (Å²) >= 11 is 0. The zero-order valence-electron chi connectivity index (χ0n) is 17.9. The van der Waals surface area contributed by atoms with E-state index in [0.717, 1.165) is 0 Å². The highest BCUT2D eigenvalue weighted by molar-refractivity contribution is 4.94. The molecule has 2 fully saturated rings. The molecular weight excluding hydrogens is 420 g/mol. The Morgan fingerprint density at radius 2 is 1.68 bits per heavy atom. The normalized spacial score (nSPS) is 42.0. The number of rotatable bonds is 10. The molecule has 0 amide bonds. The minimum Gasteiger partial charge on any atom is -0.393 e. The molecule has 0 saturated carbocycles. The van der Waals surface area contributed by atoms with Crippen molar-refractivity contribution in [1.82, 2.24) is 0 Å². The Kier molecular flexibility index (Phi) is 9.18. The largest absolute Gasteiger partial charge is 0.393 e. The van der Waals surface area contributed by atoms with Crippen molar-refractivity contribution < 1.29 is 59.8 Å². The maximum Gasteiger partial charge on any atom is 0.186 e. The van der Waals surface area contributed by atoms with Crippen molar-refractivity contribution in [2.75, 3.05) is 26.4 Å². The van der Waals surface area contributed by atoms with Gasteiger partial charge in [0.15, 0.2) is 12.6 Å². The zero-order valence-corrected chi connectivity index (χ0v) is 17.9. The third-order valence-corrected chi connectivity index (χ3v) is 6.18. The third kappa shape index (κ3) is 5.72. The van der Waals surface area contributed by atoms with Crippen molar-refractivity contribution in [2.45, 2.75) is 87.6 Å². The van der Waals surface area contributed by atoms with Crippen LogP contribution in [0, 0.1) is 5.92 Å². The van der Waals surface area contributed by atoms with E-state index >= 15 is 0 Å². The van der Waals surface area contributed by atoms with Gasteiger partial charge in [0, 0.05) is 6.42 Å². The number of hydrogen-bond donors (Lipinski definition) is 8. The molecular formula is C19H36O12. The number of hydrogen-bond acceptors (Lipinski definition) is 12. The van der Waals surface area contributed by atoms with Gasteiger partial charge in [0.05, 0.1) is 38.1 Å². The van der Waals surface area contributed by atoms with Gasteiger partial charge in [-0.2, -0.15) is 0 Å². The summed E-state index contributed by atoms with van der Waals surface area (Å²) in [7, 11) is 0. The fraction of sp³-hybridized carbons (Fsp3) is 1.00. The molecule has 0 aromatic carbocycles. The number of aliphatic hydroxyl groups excluding tert-OH is 6. The first-order valence-corrected chi connectivity index (χ1v) is 10.3. The van der Waals surface area contributed by atoms with Crippen molar-refractivity contribution in [3.63, 3.8) is 0 Å². The topological polar surface area (TPSA) is 199 Å². The first-order chi connectivity index (χ1) is 14.4. The van der Waals surface area contributed by atoms with Gasteiger partial charge in [-0.15, -0.1) is 0 Å².